The molecule has 0 bridgehead atoms. The average Bonchev–Trinajstić information content (AvgIpc) is 2.94. The Morgan fingerprint density at radius 2 is 1.29 bits per heavy atom. The van der Waals surface area contributed by atoms with Gasteiger partial charge >= 0.3 is 23.9 Å². The van der Waals surface area contributed by atoms with Crippen LogP contribution in [0.25, 0.3) is 11.1 Å². The van der Waals surface area contributed by atoms with Gasteiger partial charge in [0.25, 0.3) is 0 Å². The van der Waals surface area contributed by atoms with Gasteiger partial charge in [0, 0.05) is 17.6 Å². The van der Waals surface area contributed by atoms with Crippen molar-refractivity contribution in [2.45, 2.75) is 40.5 Å². The quantitative estimate of drug-likeness (QED) is 0.144. The highest BCUT2D eigenvalue weighted by atomic mass is 19.1. The van der Waals surface area contributed by atoms with Crippen molar-refractivity contribution in [3.05, 3.63) is 96.3 Å². The molecule has 0 saturated carbocycles. The lowest BCUT2D eigenvalue weighted by molar-refractivity contribution is -0.138. The van der Waals surface area contributed by atoms with Crippen molar-refractivity contribution in [3.8, 4) is 34.1 Å². The van der Waals surface area contributed by atoms with Crippen LogP contribution in [0.3, 0.4) is 0 Å². The molecule has 3 rings (SSSR count). The number of aryl methyl sites for hydroxylation is 1. The summed E-state index contributed by atoms with van der Waals surface area (Å²) in [5, 5.41) is 0. The van der Waals surface area contributed by atoms with Crippen LogP contribution in [0.2, 0.25) is 0 Å². The lowest BCUT2D eigenvalue weighted by Crippen LogP contribution is -2.14. The zero-order chi connectivity index (χ0) is 31.0. The molecule has 3 aromatic rings. The van der Waals surface area contributed by atoms with Gasteiger partial charge in [-0.3, -0.25) is 9.59 Å². The van der Waals surface area contributed by atoms with E-state index in [0.29, 0.717) is 22.4 Å². The van der Waals surface area contributed by atoms with Crippen molar-refractivity contribution in [2.24, 2.45) is 5.92 Å². The first-order chi connectivity index (χ1) is 19.8. The van der Waals surface area contributed by atoms with Crippen LogP contribution in [0.5, 0.6) is 23.0 Å². The normalized spacial score (nSPS) is 10.5. The van der Waals surface area contributed by atoms with Crippen molar-refractivity contribution in [1.82, 2.24) is 0 Å². The van der Waals surface area contributed by atoms with Crippen LogP contribution >= 0.6 is 0 Å². The SMILES string of the molecule is C=C(C)C(=O)Oc1ccc(CCC(=O)Oc2ccc(-c3ccc(OC(=O)C(C)C)cc3)cc2F)cc1OC(=O)C(=C)C. The van der Waals surface area contributed by atoms with Crippen LogP contribution in [-0.4, -0.2) is 23.9 Å². The van der Waals surface area contributed by atoms with E-state index in [-0.39, 0.29) is 53.1 Å². The number of ether oxygens (including phenoxy) is 4. The van der Waals surface area contributed by atoms with Gasteiger partial charge in [0.1, 0.15) is 5.75 Å². The summed E-state index contributed by atoms with van der Waals surface area (Å²) in [7, 11) is 0. The fourth-order valence-corrected chi connectivity index (χ4v) is 3.38. The van der Waals surface area contributed by atoms with Crippen molar-refractivity contribution in [1.29, 1.82) is 0 Å². The molecule has 0 atom stereocenters. The molecule has 218 valence electrons. The molecule has 0 amide bonds. The van der Waals surface area contributed by atoms with Gasteiger partial charge in [-0.2, -0.15) is 0 Å². The van der Waals surface area contributed by atoms with E-state index in [2.05, 4.69) is 13.2 Å². The van der Waals surface area contributed by atoms with E-state index in [4.69, 9.17) is 18.9 Å². The average molecular weight is 575 g/mol. The maximum absolute atomic E-state index is 14.8. The van der Waals surface area contributed by atoms with Crippen molar-refractivity contribution in [2.75, 3.05) is 0 Å². The van der Waals surface area contributed by atoms with Gasteiger partial charge < -0.3 is 18.9 Å². The van der Waals surface area contributed by atoms with E-state index in [9.17, 15) is 23.6 Å². The second kappa shape index (κ2) is 14.0. The second-order valence-corrected chi connectivity index (χ2v) is 9.84. The fourth-order valence-electron chi connectivity index (χ4n) is 3.38. The maximum atomic E-state index is 14.8. The minimum Gasteiger partial charge on any atom is -0.426 e. The van der Waals surface area contributed by atoms with Crippen molar-refractivity contribution in [3.63, 3.8) is 0 Å². The molecule has 0 aliphatic rings. The molecule has 0 spiro atoms. The number of hydrogen-bond acceptors (Lipinski definition) is 8. The third kappa shape index (κ3) is 8.72. The summed E-state index contributed by atoms with van der Waals surface area (Å²) < 4.78 is 35.8. The Morgan fingerprint density at radius 3 is 1.86 bits per heavy atom. The standard InChI is InChI=1S/C33H31FO8/c1-19(2)31(36)39-25-12-9-23(10-13-25)24-11-15-27(26(34)18-24)40-30(35)16-8-22-7-14-28(41-32(37)20(3)4)29(17-22)42-33(38)21(5)6/h7,9-15,17-19H,3,5,8,16H2,1-2,4,6H3. The van der Waals surface area contributed by atoms with E-state index in [1.54, 1.807) is 50.2 Å². The molecule has 8 nitrogen and oxygen atoms in total. The number of esters is 4. The van der Waals surface area contributed by atoms with E-state index >= 15 is 0 Å². The van der Waals surface area contributed by atoms with Crippen LogP contribution in [0.1, 0.15) is 39.7 Å². The molecule has 0 heterocycles. The van der Waals surface area contributed by atoms with Crippen molar-refractivity contribution >= 4 is 23.9 Å². The number of halogens is 1. The van der Waals surface area contributed by atoms with Gasteiger partial charge in [-0.15, -0.1) is 0 Å². The molecule has 9 heteroatoms. The minimum absolute atomic E-state index is 0.00250. The summed E-state index contributed by atoms with van der Waals surface area (Å²) in [4.78, 5) is 48.3. The molecule has 0 aromatic heterocycles. The van der Waals surface area contributed by atoms with Crippen LogP contribution in [0.4, 0.5) is 4.39 Å². The van der Waals surface area contributed by atoms with E-state index < -0.39 is 23.7 Å². The molecule has 42 heavy (non-hydrogen) atoms. The highest BCUT2D eigenvalue weighted by molar-refractivity contribution is 5.91. The molecule has 0 N–H and O–H groups in total. The Hall–Kier alpha value is -5.05. The van der Waals surface area contributed by atoms with Crippen molar-refractivity contribution < 1.29 is 42.5 Å². The molecule has 0 radical (unpaired) electrons. The van der Waals surface area contributed by atoms with Gasteiger partial charge in [-0.1, -0.05) is 51.3 Å². The van der Waals surface area contributed by atoms with Crippen LogP contribution in [-0.2, 0) is 25.6 Å². The van der Waals surface area contributed by atoms with Crippen LogP contribution < -0.4 is 18.9 Å². The molecule has 0 unspecified atom stereocenters. The highest BCUT2D eigenvalue weighted by Crippen LogP contribution is 2.31. The minimum atomic E-state index is -0.728. The number of hydrogen-bond donors (Lipinski definition) is 0. The monoisotopic (exact) mass is 574 g/mol. The third-order valence-corrected chi connectivity index (χ3v) is 5.76. The topological polar surface area (TPSA) is 105 Å². The molecular weight excluding hydrogens is 543 g/mol. The zero-order valence-corrected chi connectivity index (χ0v) is 23.8. The van der Waals surface area contributed by atoms with Crippen LogP contribution in [0.15, 0.2) is 85.0 Å². The maximum Gasteiger partial charge on any atom is 0.338 e. The van der Waals surface area contributed by atoms with Gasteiger partial charge in [0.15, 0.2) is 23.1 Å². The molecule has 0 fully saturated rings. The first-order valence-electron chi connectivity index (χ1n) is 13.0. The van der Waals surface area contributed by atoms with Gasteiger partial charge in [0.2, 0.25) is 0 Å². The number of carbonyl (C=O) groups excluding carboxylic acids is 4. The zero-order valence-electron chi connectivity index (χ0n) is 23.8. The summed E-state index contributed by atoms with van der Waals surface area (Å²) in [6.45, 7) is 13.5. The summed E-state index contributed by atoms with van der Waals surface area (Å²) >= 11 is 0. The largest absolute Gasteiger partial charge is 0.426 e. The Bertz CT molecular complexity index is 1540. The predicted octanol–water partition coefficient (Wildman–Crippen LogP) is 6.56. The van der Waals surface area contributed by atoms with Gasteiger partial charge in [0.05, 0.1) is 5.92 Å². The van der Waals surface area contributed by atoms with E-state index in [1.807, 2.05) is 0 Å². The van der Waals surface area contributed by atoms with Crippen LogP contribution in [0, 0.1) is 11.7 Å². The molecule has 0 aliphatic carbocycles. The van der Waals surface area contributed by atoms with E-state index in [1.165, 1.54) is 38.1 Å². The lowest BCUT2D eigenvalue weighted by Gasteiger charge is -2.12. The van der Waals surface area contributed by atoms with Gasteiger partial charge in [-0.25, -0.2) is 14.0 Å². The first-order valence-corrected chi connectivity index (χ1v) is 13.0. The Kier molecular flexibility index (Phi) is 10.5. The summed E-state index contributed by atoms with van der Waals surface area (Å²) in [5.41, 5.74) is 2.08. The number of rotatable bonds is 11. The molecule has 3 aromatic carbocycles. The molecule has 0 aliphatic heterocycles. The smallest absolute Gasteiger partial charge is 0.338 e. The summed E-state index contributed by atoms with van der Waals surface area (Å²) in [6, 6.07) is 15.3. The third-order valence-electron chi connectivity index (χ3n) is 5.76. The van der Waals surface area contributed by atoms with Gasteiger partial charge in [-0.05, 0) is 73.4 Å². The van der Waals surface area contributed by atoms with E-state index in [0.717, 1.165) is 0 Å². The molecular formula is C33H31FO8. The Morgan fingerprint density at radius 1 is 0.714 bits per heavy atom. The lowest BCUT2D eigenvalue weighted by atomic mass is 10.1. The first kappa shape index (κ1) is 31.5. The second-order valence-electron chi connectivity index (χ2n) is 9.84. The number of carbonyl (C=O) groups is 4. The Labute approximate surface area is 243 Å². The fraction of sp³-hybridized carbons (Fsp3) is 0.212. The number of benzene rings is 3. The predicted molar refractivity (Wildman–Crippen MR) is 154 cm³/mol. The summed E-state index contributed by atoms with van der Waals surface area (Å²) in [5.74, 6) is -3.33. The summed E-state index contributed by atoms with van der Waals surface area (Å²) in [6.07, 6.45) is 0.0507. The Balaban J connectivity index is 1.65. The highest BCUT2D eigenvalue weighted by Gasteiger charge is 2.17. The molecule has 0 saturated heterocycles.